The van der Waals surface area contributed by atoms with Crippen LogP contribution in [-0.2, 0) is 4.74 Å². The summed E-state index contributed by atoms with van der Waals surface area (Å²) in [5.41, 5.74) is 1.65. The highest BCUT2D eigenvalue weighted by Gasteiger charge is 2.08. The van der Waals surface area contributed by atoms with E-state index in [1.54, 1.807) is 12.3 Å². The first-order valence-corrected chi connectivity index (χ1v) is 7.27. The summed E-state index contributed by atoms with van der Waals surface area (Å²) >= 11 is 0. The maximum atomic E-state index is 5.65. The zero-order valence-corrected chi connectivity index (χ0v) is 13.2. The van der Waals surface area contributed by atoms with Gasteiger partial charge < -0.3 is 4.74 Å². The van der Waals surface area contributed by atoms with Gasteiger partial charge >= 0.3 is 0 Å². The molecule has 0 aliphatic heterocycles. The Kier molecular flexibility index (Phi) is 8.06. The van der Waals surface area contributed by atoms with Crippen molar-refractivity contribution in [1.82, 2.24) is 4.98 Å². The minimum absolute atomic E-state index is 0.523. The summed E-state index contributed by atoms with van der Waals surface area (Å²) in [6.07, 6.45) is 15.2. The van der Waals surface area contributed by atoms with E-state index < -0.39 is 0 Å². The van der Waals surface area contributed by atoms with Crippen LogP contribution < -0.4 is 0 Å². The molecule has 0 saturated heterocycles. The lowest BCUT2D eigenvalue weighted by Gasteiger charge is -2.11. The highest BCUT2D eigenvalue weighted by atomic mass is 16.5. The van der Waals surface area contributed by atoms with Gasteiger partial charge in [-0.1, -0.05) is 43.5 Å². The predicted octanol–water partition coefficient (Wildman–Crippen LogP) is 5.61. The predicted molar refractivity (Wildman–Crippen MR) is 95.0 cm³/mol. The van der Waals surface area contributed by atoms with Crippen molar-refractivity contribution in [2.24, 2.45) is 0 Å². The van der Waals surface area contributed by atoms with Gasteiger partial charge in [0.05, 0.1) is 5.69 Å². The largest absolute Gasteiger partial charge is 0.458 e. The zero-order valence-electron chi connectivity index (χ0n) is 13.2. The average Bonchev–Trinajstić information content (AvgIpc) is 2.51. The molecular weight excluding hydrogens is 270 g/mol. The standard InChI is InChI=1S/C20H23NO/c1-5-7-8-9-10-14-19(20-15-11-12-16-21-20)18(4)22-17(3)13-6-2/h5-6,9-16H,1,3-4,7-8H2,2H3/b10-9-,13-6-,19-14+. The van der Waals surface area contributed by atoms with E-state index in [0.29, 0.717) is 11.5 Å². The fourth-order valence-electron chi connectivity index (χ4n) is 1.75. The Labute approximate surface area is 133 Å². The Morgan fingerprint density at radius 1 is 1.27 bits per heavy atom. The van der Waals surface area contributed by atoms with Crippen LogP contribution in [0.4, 0.5) is 0 Å². The van der Waals surface area contributed by atoms with E-state index in [9.17, 15) is 0 Å². The molecule has 2 heteroatoms. The molecule has 114 valence electrons. The molecule has 0 bridgehead atoms. The summed E-state index contributed by atoms with van der Waals surface area (Å²) in [5.74, 6) is 1.07. The Morgan fingerprint density at radius 2 is 2.09 bits per heavy atom. The third kappa shape index (κ3) is 6.23. The lowest BCUT2D eigenvalue weighted by atomic mass is 10.1. The molecule has 0 aliphatic rings. The van der Waals surface area contributed by atoms with E-state index in [2.05, 4.69) is 30.8 Å². The van der Waals surface area contributed by atoms with Crippen LogP contribution >= 0.6 is 0 Å². The number of rotatable bonds is 9. The first kappa shape index (κ1) is 17.4. The monoisotopic (exact) mass is 293 g/mol. The minimum Gasteiger partial charge on any atom is -0.458 e. The third-order valence-corrected chi connectivity index (χ3v) is 2.78. The highest BCUT2D eigenvalue weighted by molar-refractivity contribution is 5.75. The van der Waals surface area contributed by atoms with Crippen LogP contribution in [0.5, 0.6) is 0 Å². The molecule has 0 radical (unpaired) electrons. The van der Waals surface area contributed by atoms with Crippen LogP contribution in [0.25, 0.3) is 5.57 Å². The number of hydrogen-bond donors (Lipinski definition) is 0. The molecule has 0 spiro atoms. The molecule has 0 saturated carbocycles. The van der Waals surface area contributed by atoms with Crippen LogP contribution in [0.15, 0.2) is 92.1 Å². The maximum Gasteiger partial charge on any atom is 0.129 e. The second-order valence-corrected chi connectivity index (χ2v) is 4.58. The number of allylic oxidation sites excluding steroid dienone is 7. The van der Waals surface area contributed by atoms with Crippen LogP contribution in [0.2, 0.25) is 0 Å². The average molecular weight is 293 g/mol. The van der Waals surface area contributed by atoms with Crippen LogP contribution in [0.3, 0.4) is 0 Å². The van der Waals surface area contributed by atoms with Gasteiger partial charge in [0.25, 0.3) is 0 Å². The molecule has 0 N–H and O–H groups in total. The minimum atomic E-state index is 0.523. The van der Waals surface area contributed by atoms with Gasteiger partial charge in [0.15, 0.2) is 0 Å². The van der Waals surface area contributed by atoms with Crippen molar-refractivity contribution < 1.29 is 4.74 Å². The van der Waals surface area contributed by atoms with E-state index in [1.807, 2.05) is 49.4 Å². The molecule has 1 aromatic rings. The molecule has 1 rings (SSSR count). The molecule has 0 amide bonds. The smallest absolute Gasteiger partial charge is 0.129 e. The Hall–Kier alpha value is -2.61. The van der Waals surface area contributed by atoms with Crippen molar-refractivity contribution in [3.63, 3.8) is 0 Å². The highest BCUT2D eigenvalue weighted by Crippen LogP contribution is 2.23. The van der Waals surface area contributed by atoms with Crippen molar-refractivity contribution in [1.29, 1.82) is 0 Å². The summed E-state index contributed by atoms with van der Waals surface area (Å²) < 4.78 is 5.65. The van der Waals surface area contributed by atoms with Gasteiger partial charge in [-0.25, -0.2) is 0 Å². The van der Waals surface area contributed by atoms with Crippen molar-refractivity contribution >= 4 is 5.57 Å². The molecule has 22 heavy (non-hydrogen) atoms. The van der Waals surface area contributed by atoms with Gasteiger partial charge in [0, 0.05) is 11.8 Å². The lowest BCUT2D eigenvalue weighted by molar-refractivity contribution is 0.344. The normalized spacial score (nSPS) is 11.8. The van der Waals surface area contributed by atoms with Crippen molar-refractivity contribution in [2.75, 3.05) is 0 Å². The second kappa shape index (κ2) is 10.2. The van der Waals surface area contributed by atoms with E-state index in [0.717, 1.165) is 24.1 Å². The van der Waals surface area contributed by atoms with E-state index in [4.69, 9.17) is 4.74 Å². The molecular formula is C20H23NO. The number of hydrogen-bond acceptors (Lipinski definition) is 2. The fourth-order valence-corrected chi connectivity index (χ4v) is 1.75. The van der Waals surface area contributed by atoms with Crippen molar-refractivity contribution in [3.05, 3.63) is 97.8 Å². The van der Waals surface area contributed by atoms with Crippen LogP contribution in [0.1, 0.15) is 25.5 Å². The van der Waals surface area contributed by atoms with Crippen LogP contribution in [-0.4, -0.2) is 4.98 Å². The summed E-state index contributed by atoms with van der Waals surface area (Å²) in [6, 6.07) is 5.74. The molecule has 1 heterocycles. The lowest BCUT2D eigenvalue weighted by Crippen LogP contribution is -1.95. The topological polar surface area (TPSA) is 22.1 Å². The molecule has 0 unspecified atom stereocenters. The number of unbranched alkanes of at least 4 members (excludes halogenated alkanes) is 1. The SMILES string of the molecule is C=CCC/C=C\C=C(/C(=C)OC(=C)/C=C\C)c1ccccn1. The van der Waals surface area contributed by atoms with Crippen molar-refractivity contribution in [3.8, 4) is 0 Å². The van der Waals surface area contributed by atoms with Crippen molar-refractivity contribution in [2.45, 2.75) is 19.8 Å². The maximum absolute atomic E-state index is 5.65. The molecule has 0 fully saturated rings. The third-order valence-electron chi connectivity index (χ3n) is 2.78. The number of nitrogens with zero attached hydrogens (tertiary/aromatic N) is 1. The summed E-state index contributed by atoms with van der Waals surface area (Å²) in [7, 11) is 0. The van der Waals surface area contributed by atoms with Gasteiger partial charge in [0.1, 0.15) is 11.5 Å². The van der Waals surface area contributed by atoms with E-state index in [1.165, 1.54) is 0 Å². The van der Waals surface area contributed by atoms with Gasteiger partial charge in [0.2, 0.25) is 0 Å². The van der Waals surface area contributed by atoms with E-state index >= 15 is 0 Å². The summed E-state index contributed by atoms with van der Waals surface area (Å²) in [4.78, 5) is 4.36. The summed E-state index contributed by atoms with van der Waals surface area (Å²) in [6.45, 7) is 13.4. The molecule has 0 atom stereocenters. The molecule has 2 nitrogen and oxygen atoms in total. The molecule has 1 aromatic heterocycles. The summed E-state index contributed by atoms with van der Waals surface area (Å²) in [5, 5.41) is 0. The molecule has 0 aromatic carbocycles. The number of aromatic nitrogens is 1. The Balaban J connectivity index is 2.94. The molecule has 0 aliphatic carbocycles. The first-order chi connectivity index (χ1) is 10.7. The first-order valence-electron chi connectivity index (χ1n) is 7.27. The second-order valence-electron chi connectivity index (χ2n) is 4.58. The Bertz CT molecular complexity index is 591. The quantitative estimate of drug-likeness (QED) is 0.255. The van der Waals surface area contributed by atoms with Gasteiger partial charge in [-0.15, -0.1) is 6.58 Å². The number of ether oxygens (including phenoxy) is 1. The number of pyridine rings is 1. The van der Waals surface area contributed by atoms with Crippen LogP contribution in [0, 0.1) is 0 Å². The van der Waals surface area contributed by atoms with Gasteiger partial charge in [-0.3, -0.25) is 4.98 Å². The van der Waals surface area contributed by atoms with E-state index in [-0.39, 0.29) is 0 Å². The van der Waals surface area contributed by atoms with Gasteiger partial charge in [-0.2, -0.15) is 0 Å². The zero-order chi connectivity index (χ0) is 16.2. The van der Waals surface area contributed by atoms with Gasteiger partial charge in [-0.05, 0) is 44.1 Å². The fraction of sp³-hybridized carbons (Fsp3) is 0.150. The Morgan fingerprint density at radius 3 is 2.73 bits per heavy atom.